The third-order valence-electron chi connectivity index (χ3n) is 2.50. The molecule has 0 atom stereocenters. The van der Waals surface area contributed by atoms with Crippen molar-refractivity contribution in [1.29, 1.82) is 0 Å². The Morgan fingerprint density at radius 2 is 2.11 bits per heavy atom. The number of thiophene rings is 1. The topological polar surface area (TPSA) is 57.8 Å². The van der Waals surface area contributed by atoms with Crippen molar-refractivity contribution in [3.05, 3.63) is 45.6 Å². The van der Waals surface area contributed by atoms with Crippen LogP contribution in [0.2, 0.25) is 4.34 Å². The quantitative estimate of drug-likeness (QED) is 0.753. The summed E-state index contributed by atoms with van der Waals surface area (Å²) in [6.45, 7) is 0. The molecule has 3 rings (SSSR count). The lowest BCUT2D eigenvalue weighted by molar-refractivity contribution is 0.103. The minimum Gasteiger partial charge on any atom is -0.304 e. The van der Waals surface area contributed by atoms with Gasteiger partial charge in [0.2, 0.25) is 0 Å². The van der Waals surface area contributed by atoms with Crippen LogP contribution in [0.25, 0.3) is 10.9 Å². The molecule has 0 unspecified atom stereocenters. The van der Waals surface area contributed by atoms with Crippen LogP contribution in [0.15, 0.2) is 36.4 Å². The van der Waals surface area contributed by atoms with Gasteiger partial charge in [-0.15, -0.1) is 11.3 Å². The lowest BCUT2D eigenvalue weighted by Crippen LogP contribution is -2.10. The van der Waals surface area contributed by atoms with Crippen molar-refractivity contribution in [1.82, 2.24) is 10.2 Å². The number of H-pyrrole nitrogens is 1. The van der Waals surface area contributed by atoms with Crippen LogP contribution in [-0.4, -0.2) is 16.1 Å². The normalized spacial score (nSPS) is 10.7. The van der Waals surface area contributed by atoms with Crippen LogP contribution < -0.4 is 5.32 Å². The minimum atomic E-state index is -0.204. The number of amides is 1. The summed E-state index contributed by atoms with van der Waals surface area (Å²) < 4.78 is 0.590. The zero-order valence-electron chi connectivity index (χ0n) is 9.11. The standard InChI is InChI=1S/C12H8ClN3OS/c13-10-6-5-9(18-10)12(17)14-11-7-3-1-2-4-8(7)15-16-11/h1-6H,(H2,14,15,16,17). The Morgan fingerprint density at radius 1 is 1.28 bits per heavy atom. The number of aromatic nitrogens is 2. The summed E-state index contributed by atoms with van der Waals surface area (Å²) in [6, 6.07) is 11.0. The summed E-state index contributed by atoms with van der Waals surface area (Å²) in [4.78, 5) is 12.5. The maximum absolute atomic E-state index is 12.0. The first-order valence-corrected chi connectivity index (χ1v) is 6.43. The SMILES string of the molecule is O=C(Nc1n[nH]c2ccccc12)c1ccc(Cl)s1. The number of para-hydroxylation sites is 1. The number of hydrogen-bond donors (Lipinski definition) is 2. The summed E-state index contributed by atoms with van der Waals surface area (Å²) in [5, 5.41) is 10.6. The van der Waals surface area contributed by atoms with E-state index >= 15 is 0 Å². The van der Waals surface area contributed by atoms with Gasteiger partial charge in [0.05, 0.1) is 14.7 Å². The van der Waals surface area contributed by atoms with Gasteiger partial charge < -0.3 is 5.32 Å². The molecule has 4 nitrogen and oxygen atoms in total. The summed E-state index contributed by atoms with van der Waals surface area (Å²) in [6.07, 6.45) is 0. The van der Waals surface area contributed by atoms with Crippen LogP contribution in [0, 0.1) is 0 Å². The van der Waals surface area contributed by atoms with Gasteiger partial charge in [0.25, 0.3) is 5.91 Å². The van der Waals surface area contributed by atoms with E-state index in [2.05, 4.69) is 15.5 Å². The van der Waals surface area contributed by atoms with E-state index in [-0.39, 0.29) is 5.91 Å². The molecule has 2 aromatic heterocycles. The average molecular weight is 278 g/mol. The van der Waals surface area contributed by atoms with Gasteiger partial charge in [-0.2, -0.15) is 5.10 Å². The monoisotopic (exact) mass is 277 g/mol. The smallest absolute Gasteiger partial charge is 0.266 e. The number of nitrogens with one attached hydrogen (secondary N) is 2. The molecule has 0 aliphatic rings. The van der Waals surface area contributed by atoms with Crippen LogP contribution in [0.3, 0.4) is 0 Å². The number of carbonyl (C=O) groups is 1. The van der Waals surface area contributed by atoms with E-state index in [0.29, 0.717) is 15.0 Å². The van der Waals surface area contributed by atoms with Crippen molar-refractivity contribution in [3.63, 3.8) is 0 Å². The van der Waals surface area contributed by atoms with E-state index in [4.69, 9.17) is 11.6 Å². The van der Waals surface area contributed by atoms with Crippen LogP contribution in [0.4, 0.5) is 5.82 Å². The van der Waals surface area contributed by atoms with Crippen molar-refractivity contribution < 1.29 is 4.79 Å². The highest BCUT2D eigenvalue weighted by molar-refractivity contribution is 7.18. The molecule has 18 heavy (non-hydrogen) atoms. The van der Waals surface area contributed by atoms with Crippen molar-refractivity contribution >= 4 is 45.6 Å². The molecule has 0 aliphatic heterocycles. The first-order valence-electron chi connectivity index (χ1n) is 5.24. The van der Waals surface area contributed by atoms with E-state index in [1.54, 1.807) is 12.1 Å². The van der Waals surface area contributed by atoms with Crippen LogP contribution in [0.5, 0.6) is 0 Å². The summed E-state index contributed by atoms with van der Waals surface area (Å²) in [5.74, 6) is 0.323. The van der Waals surface area contributed by atoms with E-state index in [0.717, 1.165) is 10.9 Å². The van der Waals surface area contributed by atoms with Crippen molar-refractivity contribution in [2.75, 3.05) is 5.32 Å². The van der Waals surface area contributed by atoms with Gasteiger partial charge in [0.1, 0.15) is 0 Å². The van der Waals surface area contributed by atoms with Crippen molar-refractivity contribution in [2.24, 2.45) is 0 Å². The maximum Gasteiger partial charge on any atom is 0.266 e. The first-order chi connectivity index (χ1) is 8.74. The molecule has 2 N–H and O–H groups in total. The van der Waals surface area contributed by atoms with E-state index in [1.807, 2.05) is 24.3 Å². The second kappa shape index (κ2) is 4.44. The van der Waals surface area contributed by atoms with Gasteiger partial charge in [-0.05, 0) is 24.3 Å². The summed E-state index contributed by atoms with van der Waals surface area (Å²) in [7, 11) is 0. The molecule has 1 amide bonds. The Hall–Kier alpha value is -1.85. The number of anilines is 1. The molecule has 3 aromatic rings. The number of aromatic amines is 1. The predicted octanol–water partition coefficient (Wildman–Crippen LogP) is 3.53. The fourth-order valence-corrected chi connectivity index (χ4v) is 2.60. The molecule has 1 aromatic carbocycles. The van der Waals surface area contributed by atoms with Gasteiger partial charge in [0, 0.05) is 5.39 Å². The second-order valence-electron chi connectivity index (χ2n) is 3.68. The second-order valence-corrected chi connectivity index (χ2v) is 5.39. The number of carbonyl (C=O) groups excluding carboxylic acids is 1. The number of fused-ring (bicyclic) bond motifs is 1. The molecular weight excluding hydrogens is 270 g/mol. The average Bonchev–Trinajstić information content (AvgIpc) is 2.97. The lowest BCUT2D eigenvalue weighted by atomic mass is 10.2. The lowest BCUT2D eigenvalue weighted by Gasteiger charge is -1.99. The fourth-order valence-electron chi connectivity index (χ4n) is 1.66. The van der Waals surface area contributed by atoms with E-state index < -0.39 is 0 Å². The molecule has 0 bridgehead atoms. The molecule has 0 spiro atoms. The summed E-state index contributed by atoms with van der Waals surface area (Å²) >= 11 is 7.04. The number of rotatable bonds is 2. The molecule has 0 saturated heterocycles. The zero-order chi connectivity index (χ0) is 12.5. The molecule has 2 heterocycles. The minimum absolute atomic E-state index is 0.204. The molecule has 0 radical (unpaired) electrons. The van der Waals surface area contributed by atoms with Crippen molar-refractivity contribution in [3.8, 4) is 0 Å². The molecule has 6 heteroatoms. The summed E-state index contributed by atoms with van der Waals surface area (Å²) in [5.41, 5.74) is 0.886. The third-order valence-corrected chi connectivity index (χ3v) is 3.73. The number of nitrogens with zero attached hydrogens (tertiary/aromatic N) is 1. The Morgan fingerprint density at radius 3 is 2.89 bits per heavy atom. The maximum atomic E-state index is 12.0. The molecule has 0 aliphatic carbocycles. The molecule has 0 fully saturated rings. The highest BCUT2D eigenvalue weighted by atomic mass is 35.5. The van der Waals surface area contributed by atoms with Gasteiger partial charge >= 0.3 is 0 Å². The van der Waals surface area contributed by atoms with Gasteiger partial charge in [-0.3, -0.25) is 9.89 Å². The largest absolute Gasteiger partial charge is 0.304 e. The van der Waals surface area contributed by atoms with E-state index in [1.165, 1.54) is 11.3 Å². The predicted molar refractivity (Wildman–Crippen MR) is 73.4 cm³/mol. The number of benzene rings is 1. The number of hydrogen-bond acceptors (Lipinski definition) is 3. The first kappa shape index (κ1) is 11.3. The Labute approximate surface area is 112 Å². The molecule has 90 valence electrons. The van der Waals surface area contributed by atoms with Crippen molar-refractivity contribution in [2.45, 2.75) is 0 Å². The van der Waals surface area contributed by atoms with Crippen LogP contribution >= 0.6 is 22.9 Å². The van der Waals surface area contributed by atoms with Gasteiger partial charge in [-0.25, -0.2) is 0 Å². The molecular formula is C12H8ClN3OS. The Bertz CT molecular complexity index is 719. The number of halogens is 1. The van der Waals surface area contributed by atoms with Crippen LogP contribution in [-0.2, 0) is 0 Å². The molecule has 0 saturated carbocycles. The Kier molecular flexibility index (Phi) is 2.77. The highest BCUT2D eigenvalue weighted by Gasteiger charge is 2.12. The van der Waals surface area contributed by atoms with Gasteiger partial charge in [-0.1, -0.05) is 23.7 Å². The Balaban J connectivity index is 1.90. The zero-order valence-corrected chi connectivity index (χ0v) is 10.7. The van der Waals surface area contributed by atoms with E-state index in [9.17, 15) is 4.79 Å². The van der Waals surface area contributed by atoms with Crippen LogP contribution in [0.1, 0.15) is 9.67 Å². The highest BCUT2D eigenvalue weighted by Crippen LogP contribution is 2.24. The fraction of sp³-hybridized carbons (Fsp3) is 0. The third kappa shape index (κ3) is 1.98. The van der Waals surface area contributed by atoms with Gasteiger partial charge in [0.15, 0.2) is 5.82 Å².